The zero-order valence-corrected chi connectivity index (χ0v) is 11.2. The van der Waals surface area contributed by atoms with Gasteiger partial charge in [0.05, 0.1) is 19.9 Å². The third-order valence-electron chi connectivity index (χ3n) is 2.68. The standard InChI is InChI=1S/C12H16N6O2/c1-19-7-3-4-9(20-2)8(5-7)17-11-10(13)12(18-14)16-6-15-11/h3-6H,13-14H2,1-2H3,(H2,15,16,17,18). The second kappa shape index (κ2) is 5.93. The average Bonchev–Trinajstić information content (AvgIpc) is 2.49. The maximum atomic E-state index is 5.90. The van der Waals surface area contributed by atoms with E-state index in [0.717, 1.165) is 0 Å². The first-order valence-corrected chi connectivity index (χ1v) is 5.75. The minimum atomic E-state index is 0.305. The monoisotopic (exact) mass is 276 g/mol. The van der Waals surface area contributed by atoms with Gasteiger partial charge in [0.15, 0.2) is 11.6 Å². The van der Waals surface area contributed by atoms with Gasteiger partial charge in [-0.3, -0.25) is 0 Å². The first kappa shape index (κ1) is 13.7. The normalized spacial score (nSPS) is 9.95. The van der Waals surface area contributed by atoms with E-state index < -0.39 is 0 Å². The van der Waals surface area contributed by atoms with Crippen molar-refractivity contribution in [2.24, 2.45) is 5.84 Å². The van der Waals surface area contributed by atoms with Gasteiger partial charge in [-0.15, -0.1) is 0 Å². The zero-order chi connectivity index (χ0) is 14.5. The van der Waals surface area contributed by atoms with Crippen LogP contribution in [0.5, 0.6) is 11.5 Å². The highest BCUT2D eigenvalue weighted by Crippen LogP contribution is 2.33. The van der Waals surface area contributed by atoms with Crippen LogP contribution in [0.4, 0.5) is 23.0 Å². The van der Waals surface area contributed by atoms with Crippen LogP contribution in [0.1, 0.15) is 0 Å². The Balaban J connectivity index is 2.38. The van der Waals surface area contributed by atoms with Crippen molar-refractivity contribution in [3.8, 4) is 11.5 Å². The zero-order valence-electron chi connectivity index (χ0n) is 11.2. The van der Waals surface area contributed by atoms with Crippen LogP contribution in [0.15, 0.2) is 24.5 Å². The molecule has 1 aromatic carbocycles. The average molecular weight is 276 g/mol. The molecule has 8 nitrogen and oxygen atoms in total. The van der Waals surface area contributed by atoms with Gasteiger partial charge in [0, 0.05) is 6.07 Å². The van der Waals surface area contributed by atoms with Gasteiger partial charge in [-0.1, -0.05) is 0 Å². The second-order valence-electron chi connectivity index (χ2n) is 3.82. The molecule has 0 amide bonds. The third kappa shape index (κ3) is 2.64. The first-order chi connectivity index (χ1) is 9.69. The van der Waals surface area contributed by atoms with Crippen molar-refractivity contribution in [3.05, 3.63) is 24.5 Å². The van der Waals surface area contributed by atoms with E-state index in [1.165, 1.54) is 6.33 Å². The van der Waals surface area contributed by atoms with E-state index in [9.17, 15) is 0 Å². The van der Waals surface area contributed by atoms with Crippen molar-refractivity contribution < 1.29 is 9.47 Å². The van der Waals surface area contributed by atoms with Crippen molar-refractivity contribution >= 4 is 23.0 Å². The van der Waals surface area contributed by atoms with Crippen molar-refractivity contribution in [2.75, 3.05) is 30.7 Å². The Morgan fingerprint density at radius 3 is 2.50 bits per heavy atom. The fourth-order valence-electron chi connectivity index (χ4n) is 1.65. The molecular weight excluding hydrogens is 260 g/mol. The number of nitrogens with two attached hydrogens (primary N) is 2. The Labute approximate surface area is 116 Å². The molecule has 0 radical (unpaired) electrons. The molecule has 8 heteroatoms. The summed E-state index contributed by atoms with van der Waals surface area (Å²) in [7, 11) is 3.16. The minimum Gasteiger partial charge on any atom is -0.497 e. The molecule has 0 aliphatic carbocycles. The van der Waals surface area contributed by atoms with Gasteiger partial charge < -0.3 is 25.9 Å². The molecule has 0 saturated carbocycles. The van der Waals surface area contributed by atoms with Crippen LogP contribution in [0.2, 0.25) is 0 Å². The van der Waals surface area contributed by atoms with E-state index >= 15 is 0 Å². The molecule has 0 saturated heterocycles. The van der Waals surface area contributed by atoms with Crippen LogP contribution in [0.25, 0.3) is 0 Å². The number of hydrogen-bond acceptors (Lipinski definition) is 8. The largest absolute Gasteiger partial charge is 0.497 e. The lowest BCUT2D eigenvalue weighted by atomic mass is 10.2. The molecule has 20 heavy (non-hydrogen) atoms. The highest BCUT2D eigenvalue weighted by atomic mass is 16.5. The minimum absolute atomic E-state index is 0.305. The van der Waals surface area contributed by atoms with E-state index in [1.54, 1.807) is 32.4 Å². The summed E-state index contributed by atoms with van der Waals surface area (Å²) >= 11 is 0. The predicted molar refractivity (Wildman–Crippen MR) is 77.1 cm³/mol. The number of aromatic nitrogens is 2. The summed E-state index contributed by atoms with van der Waals surface area (Å²) in [5, 5.41) is 3.06. The van der Waals surface area contributed by atoms with Gasteiger partial charge in [0.2, 0.25) is 0 Å². The summed E-state index contributed by atoms with van der Waals surface area (Å²) in [6.45, 7) is 0. The molecule has 2 aromatic rings. The highest BCUT2D eigenvalue weighted by Gasteiger charge is 2.11. The van der Waals surface area contributed by atoms with Gasteiger partial charge >= 0.3 is 0 Å². The molecule has 0 fully saturated rings. The molecular formula is C12H16N6O2. The summed E-state index contributed by atoms with van der Waals surface area (Å²) in [6.07, 6.45) is 1.35. The number of nitrogen functional groups attached to an aromatic ring is 2. The Bertz CT molecular complexity index is 604. The highest BCUT2D eigenvalue weighted by molar-refractivity contribution is 5.79. The molecule has 106 valence electrons. The topological polar surface area (TPSA) is 120 Å². The summed E-state index contributed by atoms with van der Waals surface area (Å²) in [5.74, 6) is 7.38. The number of hydrazine groups is 1. The number of rotatable bonds is 5. The van der Waals surface area contributed by atoms with E-state index in [4.69, 9.17) is 21.1 Å². The van der Waals surface area contributed by atoms with Crippen molar-refractivity contribution in [1.29, 1.82) is 0 Å². The first-order valence-electron chi connectivity index (χ1n) is 5.75. The van der Waals surface area contributed by atoms with E-state index in [0.29, 0.717) is 34.5 Å². The van der Waals surface area contributed by atoms with Crippen LogP contribution in [-0.4, -0.2) is 24.2 Å². The lowest BCUT2D eigenvalue weighted by Crippen LogP contribution is -2.12. The van der Waals surface area contributed by atoms with Gasteiger partial charge in [0.25, 0.3) is 0 Å². The lowest BCUT2D eigenvalue weighted by Gasteiger charge is -2.14. The second-order valence-corrected chi connectivity index (χ2v) is 3.82. The van der Waals surface area contributed by atoms with Crippen molar-refractivity contribution in [1.82, 2.24) is 9.97 Å². The van der Waals surface area contributed by atoms with Crippen LogP contribution in [0.3, 0.4) is 0 Å². The Morgan fingerprint density at radius 1 is 1.10 bits per heavy atom. The fourth-order valence-corrected chi connectivity index (χ4v) is 1.65. The molecule has 0 aliphatic rings. The van der Waals surface area contributed by atoms with E-state index in [1.807, 2.05) is 0 Å². The summed E-state index contributed by atoms with van der Waals surface area (Å²) in [4.78, 5) is 7.98. The molecule has 0 atom stereocenters. The smallest absolute Gasteiger partial charge is 0.168 e. The maximum absolute atomic E-state index is 5.90. The van der Waals surface area contributed by atoms with Crippen LogP contribution >= 0.6 is 0 Å². The van der Waals surface area contributed by atoms with Crippen LogP contribution < -0.4 is 31.8 Å². The van der Waals surface area contributed by atoms with Gasteiger partial charge in [-0.25, -0.2) is 15.8 Å². The molecule has 0 bridgehead atoms. The van der Waals surface area contributed by atoms with Gasteiger partial charge in [0.1, 0.15) is 23.5 Å². The molecule has 6 N–H and O–H groups in total. The quantitative estimate of drug-likeness (QED) is 0.473. The number of methoxy groups -OCH3 is 2. The summed E-state index contributed by atoms with van der Waals surface area (Å²) in [6, 6.07) is 5.34. The van der Waals surface area contributed by atoms with Crippen molar-refractivity contribution in [3.63, 3.8) is 0 Å². The molecule has 0 aliphatic heterocycles. The number of anilines is 4. The van der Waals surface area contributed by atoms with Crippen LogP contribution in [-0.2, 0) is 0 Å². The predicted octanol–water partition coefficient (Wildman–Crippen LogP) is 1.11. The number of nitrogens with one attached hydrogen (secondary N) is 2. The number of benzene rings is 1. The summed E-state index contributed by atoms with van der Waals surface area (Å²) in [5.41, 5.74) is 9.27. The molecule has 0 unspecified atom stereocenters. The number of ether oxygens (including phenoxy) is 2. The number of hydrogen-bond donors (Lipinski definition) is 4. The fraction of sp³-hybridized carbons (Fsp3) is 0.167. The molecule has 0 spiro atoms. The van der Waals surface area contributed by atoms with Gasteiger partial charge in [-0.2, -0.15) is 0 Å². The van der Waals surface area contributed by atoms with Gasteiger partial charge in [-0.05, 0) is 12.1 Å². The molecule has 2 rings (SSSR count). The molecule has 1 aromatic heterocycles. The lowest BCUT2D eigenvalue weighted by molar-refractivity contribution is 0.405. The van der Waals surface area contributed by atoms with Crippen LogP contribution in [0, 0.1) is 0 Å². The Hall–Kier alpha value is -2.74. The Kier molecular flexibility index (Phi) is 4.06. The number of nitrogens with zero attached hydrogens (tertiary/aromatic N) is 2. The third-order valence-corrected chi connectivity index (χ3v) is 2.68. The Morgan fingerprint density at radius 2 is 1.85 bits per heavy atom. The van der Waals surface area contributed by atoms with E-state index in [-0.39, 0.29) is 0 Å². The maximum Gasteiger partial charge on any atom is 0.168 e. The van der Waals surface area contributed by atoms with Crippen molar-refractivity contribution in [2.45, 2.75) is 0 Å². The SMILES string of the molecule is COc1ccc(OC)c(Nc2ncnc(NN)c2N)c1. The summed E-state index contributed by atoms with van der Waals surface area (Å²) < 4.78 is 10.4. The van der Waals surface area contributed by atoms with E-state index in [2.05, 4.69) is 20.7 Å². The molecule has 1 heterocycles.